The first kappa shape index (κ1) is 17.8. The molecule has 4 amide bonds. The van der Waals surface area contributed by atoms with Crippen molar-refractivity contribution < 1.29 is 14.4 Å². The van der Waals surface area contributed by atoms with Gasteiger partial charge in [-0.05, 0) is 37.1 Å². The van der Waals surface area contributed by atoms with Gasteiger partial charge in [-0.15, -0.1) is 0 Å². The lowest BCUT2D eigenvalue weighted by atomic mass is 9.97. The molecule has 2 aliphatic rings. The van der Waals surface area contributed by atoms with Gasteiger partial charge in [0, 0.05) is 25.8 Å². The van der Waals surface area contributed by atoms with Crippen molar-refractivity contribution in [1.29, 1.82) is 0 Å². The fourth-order valence-corrected chi connectivity index (χ4v) is 4.63. The predicted octanol–water partition coefficient (Wildman–Crippen LogP) is 1.76. The zero-order valence-electron chi connectivity index (χ0n) is 15.6. The highest BCUT2D eigenvalue weighted by Gasteiger charge is 2.49. The second-order valence-electron chi connectivity index (χ2n) is 7.27. The standard InChI is InChI=1S/C19H18N6O3S/c1-23-8-3-6-14(23)17(26)20-11-7-9-24-15(10-11)18(27)25(19(24)28)13-5-2-4-12-16(13)22-29-21-12/h2-6,8,11,15H,7,9-10H2,1H3,(H,20,26). The molecule has 0 bridgehead atoms. The molecule has 0 aliphatic carbocycles. The van der Waals surface area contributed by atoms with Gasteiger partial charge in [-0.2, -0.15) is 8.75 Å². The molecular formula is C19H18N6O3S. The van der Waals surface area contributed by atoms with Crippen molar-refractivity contribution >= 4 is 46.3 Å². The van der Waals surface area contributed by atoms with Crippen molar-refractivity contribution in [2.24, 2.45) is 7.05 Å². The third-order valence-electron chi connectivity index (χ3n) is 5.56. The summed E-state index contributed by atoms with van der Waals surface area (Å²) in [7, 11) is 1.81. The lowest BCUT2D eigenvalue weighted by Gasteiger charge is -2.32. The zero-order valence-corrected chi connectivity index (χ0v) is 16.4. The van der Waals surface area contributed by atoms with Crippen LogP contribution in [0.15, 0.2) is 36.5 Å². The van der Waals surface area contributed by atoms with E-state index in [0.717, 1.165) is 11.7 Å². The Hall–Kier alpha value is -3.27. The van der Waals surface area contributed by atoms with E-state index in [0.29, 0.717) is 41.8 Å². The van der Waals surface area contributed by atoms with Crippen LogP contribution in [0.2, 0.25) is 0 Å². The Balaban J connectivity index is 1.37. The van der Waals surface area contributed by atoms with E-state index in [1.165, 1.54) is 4.90 Å². The first-order valence-electron chi connectivity index (χ1n) is 9.32. The number of benzene rings is 1. The highest BCUT2D eigenvalue weighted by atomic mass is 32.1. The lowest BCUT2D eigenvalue weighted by molar-refractivity contribution is -0.120. The molecule has 3 aromatic rings. The number of carbonyl (C=O) groups is 3. The molecular weight excluding hydrogens is 392 g/mol. The summed E-state index contributed by atoms with van der Waals surface area (Å²) >= 11 is 1.05. The van der Waals surface area contributed by atoms with Crippen molar-refractivity contribution in [2.45, 2.75) is 24.9 Å². The molecule has 4 heterocycles. The molecule has 2 aliphatic heterocycles. The number of piperidine rings is 1. The lowest BCUT2D eigenvalue weighted by Crippen LogP contribution is -2.50. The molecule has 2 saturated heterocycles. The maximum atomic E-state index is 13.1. The minimum Gasteiger partial charge on any atom is -0.348 e. The Morgan fingerprint density at radius 1 is 1.21 bits per heavy atom. The van der Waals surface area contributed by atoms with E-state index in [2.05, 4.69) is 14.1 Å². The third kappa shape index (κ3) is 2.79. The number of aryl methyl sites for hydroxylation is 1. The average Bonchev–Trinajstić information content (AvgIpc) is 3.41. The SMILES string of the molecule is Cn1cccc1C(=O)NC1CCN2C(=O)N(c3cccc4nsnc34)C(=O)C2C1. The first-order valence-corrected chi connectivity index (χ1v) is 10.1. The van der Waals surface area contributed by atoms with Crippen molar-refractivity contribution in [2.75, 3.05) is 11.4 Å². The van der Waals surface area contributed by atoms with E-state index < -0.39 is 6.04 Å². The van der Waals surface area contributed by atoms with Crippen LogP contribution in [0.25, 0.3) is 11.0 Å². The number of rotatable bonds is 3. The number of hydrogen-bond acceptors (Lipinski definition) is 6. The number of nitrogens with one attached hydrogen (secondary N) is 1. The van der Waals surface area contributed by atoms with Crippen molar-refractivity contribution in [3.05, 3.63) is 42.2 Å². The van der Waals surface area contributed by atoms with Gasteiger partial charge in [-0.25, -0.2) is 9.69 Å². The number of carbonyl (C=O) groups excluding carboxylic acids is 3. The van der Waals surface area contributed by atoms with Crippen LogP contribution in [0.3, 0.4) is 0 Å². The summed E-state index contributed by atoms with van der Waals surface area (Å²) in [5, 5.41) is 3.00. The van der Waals surface area contributed by atoms with Gasteiger partial charge in [0.15, 0.2) is 0 Å². The van der Waals surface area contributed by atoms with Crippen LogP contribution in [0.4, 0.5) is 10.5 Å². The summed E-state index contributed by atoms with van der Waals surface area (Å²) in [5.41, 5.74) is 2.23. The van der Waals surface area contributed by atoms with E-state index in [-0.39, 0.29) is 23.9 Å². The molecule has 1 N–H and O–H groups in total. The first-order chi connectivity index (χ1) is 14.0. The smallest absolute Gasteiger partial charge is 0.332 e. The Morgan fingerprint density at radius 2 is 2.07 bits per heavy atom. The number of imide groups is 1. The second kappa shape index (κ2) is 6.66. The highest BCUT2D eigenvalue weighted by molar-refractivity contribution is 7.00. The number of aromatic nitrogens is 3. The molecule has 2 atom stereocenters. The fraction of sp³-hybridized carbons (Fsp3) is 0.316. The Kier molecular flexibility index (Phi) is 4.09. The molecule has 1 aromatic carbocycles. The molecule has 0 spiro atoms. The van der Waals surface area contributed by atoms with E-state index >= 15 is 0 Å². The maximum absolute atomic E-state index is 13.1. The number of anilines is 1. The Morgan fingerprint density at radius 3 is 2.86 bits per heavy atom. The Labute approximate surface area is 170 Å². The van der Waals surface area contributed by atoms with Gasteiger partial charge in [-0.1, -0.05) is 6.07 Å². The normalized spacial score (nSPS) is 21.7. The van der Waals surface area contributed by atoms with Gasteiger partial charge in [0.1, 0.15) is 22.8 Å². The largest absolute Gasteiger partial charge is 0.348 e. The highest BCUT2D eigenvalue weighted by Crippen LogP contribution is 2.34. The van der Waals surface area contributed by atoms with Crippen LogP contribution < -0.4 is 10.2 Å². The summed E-state index contributed by atoms with van der Waals surface area (Å²) in [6.07, 6.45) is 2.80. The number of nitrogens with zero attached hydrogens (tertiary/aromatic N) is 5. The van der Waals surface area contributed by atoms with E-state index in [1.807, 2.05) is 19.3 Å². The van der Waals surface area contributed by atoms with Crippen molar-refractivity contribution in [1.82, 2.24) is 23.5 Å². The topological polar surface area (TPSA) is 100 Å². The molecule has 9 nitrogen and oxygen atoms in total. The summed E-state index contributed by atoms with van der Waals surface area (Å²) < 4.78 is 10.2. The van der Waals surface area contributed by atoms with Crippen LogP contribution in [0.5, 0.6) is 0 Å². The van der Waals surface area contributed by atoms with Gasteiger partial charge in [-0.3, -0.25) is 9.59 Å². The van der Waals surface area contributed by atoms with E-state index in [1.54, 1.807) is 33.7 Å². The second-order valence-corrected chi connectivity index (χ2v) is 7.80. The molecule has 2 fully saturated rings. The summed E-state index contributed by atoms with van der Waals surface area (Å²) in [5.74, 6) is -0.462. The number of fused-ring (bicyclic) bond motifs is 2. The molecule has 10 heteroatoms. The van der Waals surface area contributed by atoms with Crippen molar-refractivity contribution in [3.8, 4) is 0 Å². The Bertz CT molecular complexity index is 1140. The summed E-state index contributed by atoms with van der Waals surface area (Å²) in [6, 6.07) is 7.74. The quantitative estimate of drug-likeness (QED) is 0.663. The molecule has 148 valence electrons. The monoisotopic (exact) mass is 410 g/mol. The van der Waals surface area contributed by atoms with Crippen LogP contribution in [0.1, 0.15) is 23.3 Å². The van der Waals surface area contributed by atoms with Gasteiger partial charge in [0.25, 0.3) is 11.8 Å². The summed E-state index contributed by atoms with van der Waals surface area (Å²) in [4.78, 5) is 41.4. The minimum absolute atomic E-state index is 0.174. The van der Waals surface area contributed by atoms with Crippen LogP contribution >= 0.6 is 11.7 Å². The minimum atomic E-state index is -0.586. The van der Waals surface area contributed by atoms with E-state index in [4.69, 9.17) is 0 Å². The van der Waals surface area contributed by atoms with Crippen LogP contribution in [-0.2, 0) is 11.8 Å². The van der Waals surface area contributed by atoms with Crippen LogP contribution in [0, 0.1) is 0 Å². The predicted molar refractivity (Wildman–Crippen MR) is 107 cm³/mol. The van der Waals surface area contributed by atoms with Gasteiger partial charge in [0.05, 0.1) is 17.4 Å². The summed E-state index contributed by atoms with van der Waals surface area (Å²) in [6.45, 7) is 0.412. The number of urea groups is 1. The molecule has 2 aromatic heterocycles. The van der Waals surface area contributed by atoms with Gasteiger partial charge < -0.3 is 14.8 Å². The molecule has 5 rings (SSSR count). The fourth-order valence-electron chi connectivity index (χ4n) is 4.08. The number of hydrogen-bond donors (Lipinski definition) is 1. The van der Waals surface area contributed by atoms with E-state index in [9.17, 15) is 14.4 Å². The van der Waals surface area contributed by atoms with Gasteiger partial charge in [0.2, 0.25) is 0 Å². The molecule has 2 unspecified atom stereocenters. The number of amides is 4. The third-order valence-corrected chi connectivity index (χ3v) is 6.10. The van der Waals surface area contributed by atoms with Crippen LogP contribution in [-0.4, -0.2) is 54.7 Å². The molecule has 0 saturated carbocycles. The molecule has 0 radical (unpaired) electrons. The van der Waals surface area contributed by atoms with Crippen molar-refractivity contribution in [3.63, 3.8) is 0 Å². The van der Waals surface area contributed by atoms with Gasteiger partial charge >= 0.3 is 6.03 Å². The zero-order chi connectivity index (χ0) is 20.1. The average molecular weight is 410 g/mol. The maximum Gasteiger partial charge on any atom is 0.332 e. The molecule has 29 heavy (non-hydrogen) atoms.